The third-order valence-electron chi connectivity index (χ3n) is 3.32. The zero-order valence-corrected chi connectivity index (χ0v) is 11.0. The Balaban J connectivity index is 1.96. The van der Waals surface area contributed by atoms with Crippen LogP contribution in [0.2, 0.25) is 0 Å². The molecule has 0 aliphatic carbocycles. The van der Waals surface area contributed by atoms with Gasteiger partial charge in [0.15, 0.2) is 0 Å². The summed E-state index contributed by atoms with van der Waals surface area (Å²) in [4.78, 5) is 16.2. The van der Waals surface area contributed by atoms with Crippen molar-refractivity contribution in [2.24, 2.45) is 5.73 Å². The van der Waals surface area contributed by atoms with Crippen molar-refractivity contribution in [1.29, 1.82) is 0 Å². The number of ether oxygens (including phenoxy) is 2. The van der Waals surface area contributed by atoms with Crippen LogP contribution in [0.15, 0.2) is 18.3 Å². The Morgan fingerprint density at radius 1 is 1.58 bits per heavy atom. The summed E-state index contributed by atoms with van der Waals surface area (Å²) < 4.78 is 10.4. The van der Waals surface area contributed by atoms with Crippen molar-refractivity contribution in [2.45, 2.75) is 24.9 Å². The number of nitrogens with two attached hydrogens (primary N) is 1. The number of hydrogen-bond donors (Lipinski definition) is 2. The fraction of sp³-hybridized carbons (Fsp3) is 0.538. The van der Waals surface area contributed by atoms with Gasteiger partial charge in [0.2, 0.25) is 11.8 Å². The van der Waals surface area contributed by atoms with Crippen molar-refractivity contribution in [3.8, 4) is 5.88 Å². The molecule has 0 unspecified atom stereocenters. The van der Waals surface area contributed by atoms with Crippen LogP contribution in [0.25, 0.3) is 0 Å². The van der Waals surface area contributed by atoms with Crippen molar-refractivity contribution >= 4 is 5.91 Å². The third-order valence-corrected chi connectivity index (χ3v) is 3.32. The fourth-order valence-electron chi connectivity index (χ4n) is 2.06. The molecule has 0 saturated carbocycles. The van der Waals surface area contributed by atoms with Crippen molar-refractivity contribution in [3.63, 3.8) is 0 Å². The van der Waals surface area contributed by atoms with E-state index in [9.17, 15) is 4.79 Å². The molecule has 1 aromatic heterocycles. The second-order valence-electron chi connectivity index (χ2n) is 4.62. The van der Waals surface area contributed by atoms with Gasteiger partial charge >= 0.3 is 0 Å². The summed E-state index contributed by atoms with van der Waals surface area (Å²) in [6, 6.07) is 3.66. The van der Waals surface area contributed by atoms with Crippen molar-refractivity contribution in [3.05, 3.63) is 23.9 Å². The van der Waals surface area contributed by atoms with Crippen LogP contribution in [0.3, 0.4) is 0 Å². The summed E-state index contributed by atoms with van der Waals surface area (Å²) in [5.41, 5.74) is 6.10. The quantitative estimate of drug-likeness (QED) is 0.813. The number of nitrogens with zero attached hydrogens (tertiary/aromatic N) is 1. The van der Waals surface area contributed by atoms with Gasteiger partial charge < -0.3 is 20.5 Å². The molecule has 1 aromatic rings. The van der Waals surface area contributed by atoms with Crippen molar-refractivity contribution in [2.75, 3.05) is 20.3 Å². The Hall–Kier alpha value is -1.66. The van der Waals surface area contributed by atoms with E-state index in [1.807, 2.05) is 6.07 Å². The molecule has 3 N–H and O–H groups in total. The third kappa shape index (κ3) is 3.21. The molecule has 6 nitrogen and oxygen atoms in total. The average Bonchev–Trinajstić information content (AvgIpc) is 2.45. The maximum absolute atomic E-state index is 12.1. The van der Waals surface area contributed by atoms with Gasteiger partial charge in [-0.25, -0.2) is 4.98 Å². The number of carbonyl (C=O) groups excluding carboxylic acids is 1. The van der Waals surface area contributed by atoms with Gasteiger partial charge in [-0.1, -0.05) is 6.07 Å². The Kier molecular flexibility index (Phi) is 4.34. The SMILES string of the molecule is COc1ncccc1CNC(=O)C1(N)CCOCC1. The number of amides is 1. The normalized spacial score (nSPS) is 17.8. The molecule has 1 fully saturated rings. The van der Waals surface area contributed by atoms with Crippen LogP contribution in [-0.4, -0.2) is 36.8 Å². The molecule has 1 aliphatic heterocycles. The van der Waals surface area contributed by atoms with Gasteiger partial charge in [0.05, 0.1) is 12.6 Å². The first kappa shape index (κ1) is 13.8. The van der Waals surface area contributed by atoms with Crippen LogP contribution < -0.4 is 15.8 Å². The minimum Gasteiger partial charge on any atom is -0.481 e. The van der Waals surface area contributed by atoms with Gasteiger partial charge in [0.25, 0.3) is 0 Å². The van der Waals surface area contributed by atoms with Gasteiger partial charge in [-0.05, 0) is 18.9 Å². The highest BCUT2D eigenvalue weighted by Gasteiger charge is 2.35. The van der Waals surface area contributed by atoms with E-state index in [-0.39, 0.29) is 5.91 Å². The molecule has 6 heteroatoms. The molecular weight excluding hydrogens is 246 g/mol. The maximum atomic E-state index is 12.1. The maximum Gasteiger partial charge on any atom is 0.240 e. The van der Waals surface area contributed by atoms with E-state index >= 15 is 0 Å². The van der Waals surface area contributed by atoms with Crippen LogP contribution in [0.5, 0.6) is 5.88 Å². The van der Waals surface area contributed by atoms with Crippen LogP contribution in [0, 0.1) is 0 Å². The zero-order chi connectivity index (χ0) is 13.7. The molecule has 104 valence electrons. The lowest BCUT2D eigenvalue weighted by Crippen LogP contribution is -2.56. The molecule has 1 saturated heterocycles. The number of methoxy groups -OCH3 is 1. The lowest BCUT2D eigenvalue weighted by molar-refractivity contribution is -0.129. The van der Waals surface area contributed by atoms with Crippen molar-refractivity contribution < 1.29 is 14.3 Å². The van der Waals surface area contributed by atoms with Crippen LogP contribution in [0.1, 0.15) is 18.4 Å². The lowest BCUT2D eigenvalue weighted by atomic mass is 9.90. The highest BCUT2D eigenvalue weighted by Crippen LogP contribution is 2.19. The van der Waals surface area contributed by atoms with Crippen LogP contribution in [0.4, 0.5) is 0 Å². The Morgan fingerprint density at radius 3 is 3.00 bits per heavy atom. The van der Waals surface area contributed by atoms with E-state index in [2.05, 4.69) is 10.3 Å². The van der Waals surface area contributed by atoms with Gasteiger partial charge in [0.1, 0.15) is 0 Å². The minimum absolute atomic E-state index is 0.151. The highest BCUT2D eigenvalue weighted by molar-refractivity contribution is 5.86. The van der Waals surface area contributed by atoms with E-state index < -0.39 is 5.54 Å². The highest BCUT2D eigenvalue weighted by atomic mass is 16.5. The second-order valence-corrected chi connectivity index (χ2v) is 4.62. The predicted molar refractivity (Wildman–Crippen MR) is 69.6 cm³/mol. The summed E-state index contributed by atoms with van der Waals surface area (Å²) in [6.45, 7) is 1.41. The largest absolute Gasteiger partial charge is 0.481 e. The van der Waals surface area contributed by atoms with Gasteiger partial charge in [-0.3, -0.25) is 4.79 Å². The first-order valence-corrected chi connectivity index (χ1v) is 6.28. The van der Waals surface area contributed by atoms with Gasteiger partial charge in [-0.15, -0.1) is 0 Å². The predicted octanol–water partition coefficient (Wildman–Crippen LogP) is 0.214. The van der Waals surface area contributed by atoms with Crippen molar-refractivity contribution in [1.82, 2.24) is 10.3 Å². The van der Waals surface area contributed by atoms with Gasteiger partial charge in [0, 0.05) is 31.5 Å². The number of nitrogens with one attached hydrogen (secondary N) is 1. The first-order valence-electron chi connectivity index (χ1n) is 6.28. The average molecular weight is 265 g/mol. The summed E-state index contributed by atoms with van der Waals surface area (Å²) in [5, 5.41) is 2.84. The number of rotatable bonds is 4. The number of carbonyl (C=O) groups is 1. The second kappa shape index (κ2) is 5.99. The molecule has 0 atom stereocenters. The number of pyridine rings is 1. The Labute approximate surface area is 112 Å². The fourth-order valence-corrected chi connectivity index (χ4v) is 2.06. The first-order chi connectivity index (χ1) is 9.15. The molecular formula is C13H19N3O3. The van der Waals surface area contributed by atoms with E-state index in [4.69, 9.17) is 15.2 Å². The standard InChI is InChI=1S/C13H19N3O3/c1-18-11-10(3-2-6-15-11)9-16-12(17)13(14)4-7-19-8-5-13/h2-3,6H,4-5,7-9,14H2,1H3,(H,16,17). The topological polar surface area (TPSA) is 86.5 Å². The molecule has 0 bridgehead atoms. The summed E-state index contributed by atoms with van der Waals surface area (Å²) >= 11 is 0. The molecule has 0 radical (unpaired) electrons. The Morgan fingerprint density at radius 2 is 2.32 bits per heavy atom. The van der Waals surface area contributed by atoms with E-state index in [1.54, 1.807) is 19.4 Å². The van der Waals surface area contributed by atoms with E-state index in [0.717, 1.165) is 5.56 Å². The molecule has 1 amide bonds. The molecule has 0 spiro atoms. The minimum atomic E-state index is -0.826. The van der Waals surface area contributed by atoms with E-state index in [0.29, 0.717) is 38.5 Å². The van der Waals surface area contributed by atoms with Crippen LogP contribution in [-0.2, 0) is 16.1 Å². The Bertz CT molecular complexity index is 445. The summed E-state index contributed by atoms with van der Waals surface area (Å²) in [6.07, 6.45) is 2.74. The number of hydrogen-bond acceptors (Lipinski definition) is 5. The van der Waals surface area contributed by atoms with Crippen LogP contribution >= 0.6 is 0 Å². The molecule has 0 aromatic carbocycles. The smallest absolute Gasteiger partial charge is 0.240 e. The summed E-state index contributed by atoms with van der Waals surface area (Å²) in [5.74, 6) is 0.363. The molecule has 1 aliphatic rings. The lowest BCUT2D eigenvalue weighted by Gasteiger charge is -2.31. The summed E-state index contributed by atoms with van der Waals surface area (Å²) in [7, 11) is 1.55. The van der Waals surface area contributed by atoms with E-state index in [1.165, 1.54) is 0 Å². The number of aromatic nitrogens is 1. The van der Waals surface area contributed by atoms with Gasteiger partial charge in [-0.2, -0.15) is 0 Å². The molecule has 19 heavy (non-hydrogen) atoms. The molecule has 2 heterocycles. The molecule has 2 rings (SSSR count). The monoisotopic (exact) mass is 265 g/mol. The zero-order valence-electron chi connectivity index (χ0n) is 11.0.